The van der Waals surface area contributed by atoms with Crippen molar-refractivity contribution < 1.29 is 20.1 Å². The van der Waals surface area contributed by atoms with E-state index in [-0.39, 0.29) is 12.5 Å². The molecule has 0 aromatic heterocycles. The fourth-order valence-corrected chi connectivity index (χ4v) is 8.59. The Hall–Kier alpha value is -1.17. The number of amides is 1. The van der Waals surface area contributed by atoms with Crippen LogP contribution in [0.5, 0.6) is 0 Å². The van der Waals surface area contributed by atoms with Crippen LogP contribution in [0.3, 0.4) is 0 Å². The smallest absolute Gasteiger partial charge is 0.220 e. The maximum atomic E-state index is 12.5. The number of allylic oxidation sites excluding steroid dienone is 4. The van der Waals surface area contributed by atoms with Gasteiger partial charge in [0.25, 0.3) is 0 Å². The average Bonchev–Trinajstić information content (AvgIpc) is 3.25. The summed E-state index contributed by atoms with van der Waals surface area (Å²) in [7, 11) is 0. The third-order valence-corrected chi connectivity index (χ3v) is 12.8. The third-order valence-electron chi connectivity index (χ3n) is 12.8. The molecule has 5 nitrogen and oxygen atoms in total. The van der Waals surface area contributed by atoms with E-state index < -0.39 is 18.2 Å². The number of hydrogen-bond acceptors (Lipinski definition) is 4. The molecule has 3 atom stereocenters. The average molecular weight is 846 g/mol. The van der Waals surface area contributed by atoms with Crippen LogP contribution in [0, 0.1) is 0 Å². The van der Waals surface area contributed by atoms with E-state index in [2.05, 4.69) is 43.5 Å². The van der Waals surface area contributed by atoms with Gasteiger partial charge < -0.3 is 20.6 Å². The van der Waals surface area contributed by atoms with Gasteiger partial charge in [-0.25, -0.2) is 0 Å². The summed E-state index contributed by atoms with van der Waals surface area (Å²) in [5.41, 5.74) is 0. The number of aliphatic hydroxyl groups excluding tert-OH is 3. The molecule has 0 saturated heterocycles. The fraction of sp³-hybridized carbons (Fsp3) is 0.909. The molecular weight excluding hydrogens is 739 g/mol. The zero-order valence-electron chi connectivity index (χ0n) is 40.6. The molecule has 1 amide bonds. The summed E-state index contributed by atoms with van der Waals surface area (Å²) < 4.78 is 0. The van der Waals surface area contributed by atoms with E-state index in [4.69, 9.17) is 0 Å². The van der Waals surface area contributed by atoms with Crippen molar-refractivity contribution in [2.45, 2.75) is 315 Å². The number of carbonyl (C=O) groups excluding carboxylic acids is 1. The van der Waals surface area contributed by atoms with E-state index in [0.717, 1.165) is 44.9 Å². The van der Waals surface area contributed by atoms with E-state index >= 15 is 0 Å². The molecule has 0 bridgehead atoms. The zero-order valence-corrected chi connectivity index (χ0v) is 40.6. The van der Waals surface area contributed by atoms with E-state index in [1.54, 1.807) is 0 Å². The highest BCUT2D eigenvalue weighted by Crippen LogP contribution is 2.17. The topological polar surface area (TPSA) is 89.8 Å². The van der Waals surface area contributed by atoms with Crippen LogP contribution in [0.2, 0.25) is 0 Å². The van der Waals surface area contributed by atoms with Gasteiger partial charge in [-0.05, 0) is 51.4 Å². The molecule has 0 saturated carbocycles. The van der Waals surface area contributed by atoms with Crippen molar-refractivity contribution in [3.05, 3.63) is 24.3 Å². The fourth-order valence-electron chi connectivity index (χ4n) is 8.59. The molecule has 0 aliphatic heterocycles. The van der Waals surface area contributed by atoms with Crippen molar-refractivity contribution in [2.24, 2.45) is 0 Å². The van der Waals surface area contributed by atoms with Crippen LogP contribution in [0.25, 0.3) is 0 Å². The van der Waals surface area contributed by atoms with Gasteiger partial charge in [0, 0.05) is 6.42 Å². The summed E-state index contributed by atoms with van der Waals surface area (Å²) in [5.74, 6) is -0.153. The van der Waals surface area contributed by atoms with Crippen LogP contribution in [-0.4, -0.2) is 46.1 Å². The van der Waals surface area contributed by atoms with E-state index in [1.165, 1.54) is 225 Å². The highest BCUT2D eigenvalue weighted by Gasteiger charge is 2.26. The Kier molecular flexibility index (Phi) is 49.5. The molecule has 0 aliphatic rings. The molecule has 0 fully saturated rings. The molecule has 0 aromatic rings. The lowest BCUT2D eigenvalue weighted by Crippen LogP contribution is -2.50. The molecule has 0 spiro atoms. The van der Waals surface area contributed by atoms with Crippen molar-refractivity contribution in [1.29, 1.82) is 0 Å². The Morgan fingerprint density at radius 1 is 0.400 bits per heavy atom. The number of carbonyl (C=O) groups is 1. The lowest BCUT2D eigenvalue weighted by Gasteiger charge is -2.26. The van der Waals surface area contributed by atoms with Gasteiger partial charge >= 0.3 is 0 Å². The molecule has 5 heteroatoms. The number of aliphatic hydroxyl groups is 3. The standard InChI is InChI=1S/C55H107NO4/c1-3-5-7-9-11-13-15-17-19-21-23-25-27-28-29-31-33-35-37-39-41-43-45-47-49-53(58)55(60)52(51-57)56-54(59)50-48-46-44-42-40-38-36-34-32-30-26-24-22-20-18-16-14-12-10-8-6-4-2/h33,35,41,43,52-53,55,57-58,60H,3-32,34,36-40,42,44-51H2,1-2H3,(H,56,59)/b35-33+,43-41+. The molecule has 4 N–H and O–H groups in total. The first kappa shape index (κ1) is 58.8. The van der Waals surface area contributed by atoms with E-state index in [9.17, 15) is 20.1 Å². The maximum absolute atomic E-state index is 12.5. The number of nitrogens with one attached hydrogen (secondary N) is 1. The minimum absolute atomic E-state index is 0.153. The highest BCUT2D eigenvalue weighted by molar-refractivity contribution is 5.76. The molecule has 0 aliphatic carbocycles. The van der Waals surface area contributed by atoms with Crippen LogP contribution in [0.1, 0.15) is 296 Å². The maximum Gasteiger partial charge on any atom is 0.220 e. The quantitative estimate of drug-likeness (QED) is 0.0363. The molecule has 3 unspecified atom stereocenters. The van der Waals surface area contributed by atoms with Crippen molar-refractivity contribution in [1.82, 2.24) is 5.32 Å². The summed E-state index contributed by atoms with van der Waals surface area (Å²) in [6.45, 7) is 4.20. The summed E-state index contributed by atoms with van der Waals surface area (Å²) in [6.07, 6.45) is 63.3. The van der Waals surface area contributed by atoms with Gasteiger partial charge in [-0.2, -0.15) is 0 Å². The Morgan fingerprint density at radius 2 is 0.683 bits per heavy atom. The molecule has 0 rings (SSSR count). The van der Waals surface area contributed by atoms with Gasteiger partial charge in [0.2, 0.25) is 5.91 Å². The Morgan fingerprint density at radius 3 is 1.02 bits per heavy atom. The summed E-state index contributed by atoms with van der Waals surface area (Å²) >= 11 is 0. The van der Waals surface area contributed by atoms with Crippen molar-refractivity contribution >= 4 is 5.91 Å². The SMILES string of the molecule is CCCCCCCCCCCCCCCCC/C=C/CC/C=C/CCCC(O)C(O)C(CO)NC(=O)CCCCCCCCCCCCCCCCCCCCCCCC. The number of rotatable bonds is 50. The number of unbranched alkanes of at least 4 members (excludes halogenated alkanes) is 38. The van der Waals surface area contributed by atoms with Crippen LogP contribution >= 0.6 is 0 Å². The first-order valence-electron chi connectivity index (χ1n) is 27.1. The molecule has 0 radical (unpaired) electrons. The Labute approximate surface area is 375 Å². The zero-order chi connectivity index (χ0) is 43.7. The normalized spacial score (nSPS) is 13.5. The molecule has 60 heavy (non-hydrogen) atoms. The third kappa shape index (κ3) is 44.9. The summed E-state index contributed by atoms with van der Waals surface area (Å²) in [5, 5.41) is 33.7. The first-order valence-corrected chi connectivity index (χ1v) is 27.1. The van der Waals surface area contributed by atoms with Crippen LogP contribution in [0.15, 0.2) is 24.3 Å². The summed E-state index contributed by atoms with van der Waals surface area (Å²) in [4.78, 5) is 12.5. The molecule has 0 aromatic carbocycles. The van der Waals surface area contributed by atoms with Crippen LogP contribution in [0.4, 0.5) is 0 Å². The molecular formula is C55H107NO4. The largest absolute Gasteiger partial charge is 0.394 e. The predicted octanol–water partition coefficient (Wildman–Crippen LogP) is 16.5. The van der Waals surface area contributed by atoms with Gasteiger partial charge in [0.1, 0.15) is 6.10 Å². The molecule has 356 valence electrons. The second-order valence-corrected chi connectivity index (χ2v) is 18.8. The highest BCUT2D eigenvalue weighted by atomic mass is 16.3. The van der Waals surface area contributed by atoms with Gasteiger partial charge in [-0.3, -0.25) is 4.79 Å². The van der Waals surface area contributed by atoms with E-state index in [1.807, 2.05) is 0 Å². The number of hydrogen-bond donors (Lipinski definition) is 4. The minimum atomic E-state index is -1.16. The van der Waals surface area contributed by atoms with Gasteiger partial charge in [0.05, 0.1) is 18.8 Å². The lowest BCUT2D eigenvalue weighted by atomic mass is 10.0. The second kappa shape index (κ2) is 50.5. The van der Waals surface area contributed by atoms with Gasteiger partial charge in [-0.15, -0.1) is 0 Å². The van der Waals surface area contributed by atoms with E-state index in [0.29, 0.717) is 12.8 Å². The summed E-state index contributed by atoms with van der Waals surface area (Å²) in [6, 6.07) is -0.830. The van der Waals surface area contributed by atoms with Crippen molar-refractivity contribution in [3.8, 4) is 0 Å². The first-order chi connectivity index (χ1) is 29.6. The second-order valence-electron chi connectivity index (χ2n) is 18.8. The Bertz CT molecular complexity index is 890. The van der Waals surface area contributed by atoms with Crippen molar-refractivity contribution in [3.63, 3.8) is 0 Å². The Balaban J connectivity index is 3.59. The van der Waals surface area contributed by atoms with Crippen molar-refractivity contribution in [2.75, 3.05) is 6.61 Å². The van der Waals surface area contributed by atoms with Gasteiger partial charge in [-0.1, -0.05) is 263 Å². The van der Waals surface area contributed by atoms with Crippen LogP contribution < -0.4 is 5.32 Å². The lowest BCUT2D eigenvalue weighted by molar-refractivity contribution is -0.124. The van der Waals surface area contributed by atoms with Crippen LogP contribution in [-0.2, 0) is 4.79 Å². The predicted molar refractivity (Wildman–Crippen MR) is 264 cm³/mol. The van der Waals surface area contributed by atoms with Gasteiger partial charge in [0.15, 0.2) is 0 Å². The monoisotopic (exact) mass is 846 g/mol. The minimum Gasteiger partial charge on any atom is -0.394 e. The molecule has 0 heterocycles.